The molecule has 0 aliphatic rings. The number of aromatic nitrogens is 3. The van der Waals surface area contributed by atoms with Gasteiger partial charge in [0.1, 0.15) is 6.54 Å². The van der Waals surface area contributed by atoms with Crippen LogP contribution in [-0.4, -0.2) is 32.5 Å². The summed E-state index contributed by atoms with van der Waals surface area (Å²) in [5.74, 6) is -0.160. The van der Waals surface area contributed by atoms with E-state index in [1.807, 2.05) is 32.9 Å². The van der Waals surface area contributed by atoms with E-state index in [4.69, 9.17) is 0 Å². The molecule has 0 aromatic carbocycles. The zero-order valence-corrected chi connectivity index (χ0v) is 14.9. The predicted octanol–water partition coefficient (Wildman–Crippen LogP) is 2.15. The molecule has 1 unspecified atom stereocenters. The van der Waals surface area contributed by atoms with Gasteiger partial charge in [-0.25, -0.2) is 0 Å². The Balaban J connectivity index is 2.00. The molecule has 2 aromatic rings. The van der Waals surface area contributed by atoms with Crippen molar-refractivity contribution in [3.63, 3.8) is 0 Å². The topological polar surface area (TPSA) is 76.9 Å². The number of carbonyl (C=O) groups is 2. The van der Waals surface area contributed by atoms with E-state index in [1.54, 1.807) is 17.8 Å². The molecule has 1 amide bonds. The van der Waals surface area contributed by atoms with Gasteiger partial charge in [0.25, 0.3) is 0 Å². The summed E-state index contributed by atoms with van der Waals surface area (Å²) < 4.78 is 1.58. The first-order valence-electron chi connectivity index (χ1n) is 8.04. The molecule has 0 saturated carbocycles. The first-order chi connectivity index (χ1) is 11.3. The molecule has 6 nitrogen and oxygen atoms in total. The van der Waals surface area contributed by atoms with Gasteiger partial charge in [-0.3, -0.25) is 19.3 Å². The number of amides is 1. The van der Waals surface area contributed by atoms with Crippen molar-refractivity contribution >= 4 is 11.7 Å². The summed E-state index contributed by atoms with van der Waals surface area (Å²) in [7, 11) is 0. The van der Waals surface area contributed by atoms with Crippen LogP contribution in [0.2, 0.25) is 0 Å². The molecule has 1 N–H and O–H groups in total. The van der Waals surface area contributed by atoms with Crippen LogP contribution in [0, 0.1) is 20.8 Å². The van der Waals surface area contributed by atoms with Crippen molar-refractivity contribution < 1.29 is 9.59 Å². The predicted molar refractivity (Wildman–Crippen MR) is 92.0 cm³/mol. The smallest absolute Gasteiger partial charge is 0.241 e. The number of carbonyl (C=O) groups excluding carboxylic acids is 2. The van der Waals surface area contributed by atoms with E-state index < -0.39 is 0 Å². The Morgan fingerprint density at radius 3 is 2.58 bits per heavy atom. The lowest BCUT2D eigenvalue weighted by Crippen LogP contribution is -2.37. The van der Waals surface area contributed by atoms with Gasteiger partial charge in [0.15, 0.2) is 5.78 Å². The van der Waals surface area contributed by atoms with Crippen molar-refractivity contribution in [3.8, 4) is 0 Å². The van der Waals surface area contributed by atoms with E-state index in [0.29, 0.717) is 17.7 Å². The van der Waals surface area contributed by atoms with Crippen LogP contribution >= 0.6 is 0 Å². The lowest BCUT2D eigenvalue weighted by atomic mass is 10.1. The Hall–Kier alpha value is -2.50. The average molecular weight is 328 g/mol. The van der Waals surface area contributed by atoms with Crippen molar-refractivity contribution in [2.24, 2.45) is 0 Å². The van der Waals surface area contributed by atoms with Gasteiger partial charge in [-0.1, -0.05) is 6.07 Å². The number of pyridine rings is 1. The summed E-state index contributed by atoms with van der Waals surface area (Å²) in [6, 6.07) is 3.88. The minimum Gasteiger partial charge on any atom is -0.352 e. The molecule has 2 heterocycles. The second-order valence-corrected chi connectivity index (χ2v) is 6.20. The van der Waals surface area contributed by atoms with Crippen LogP contribution in [0.15, 0.2) is 18.3 Å². The molecule has 24 heavy (non-hydrogen) atoms. The molecule has 0 aliphatic heterocycles. The molecule has 0 radical (unpaired) electrons. The summed E-state index contributed by atoms with van der Waals surface area (Å²) in [5.41, 5.74) is 4.08. The lowest BCUT2D eigenvalue weighted by Gasteiger charge is -2.15. The van der Waals surface area contributed by atoms with Crippen molar-refractivity contribution in [1.29, 1.82) is 0 Å². The molecular weight excluding hydrogens is 304 g/mol. The number of nitrogens with one attached hydrogen (secondary N) is 1. The molecule has 6 heteroatoms. The highest BCUT2D eigenvalue weighted by atomic mass is 16.2. The van der Waals surface area contributed by atoms with Gasteiger partial charge in [-0.15, -0.1) is 0 Å². The summed E-state index contributed by atoms with van der Waals surface area (Å²) in [6.45, 7) is 9.17. The number of ketones is 1. The van der Waals surface area contributed by atoms with Gasteiger partial charge in [0, 0.05) is 30.0 Å². The molecule has 0 saturated heterocycles. The maximum atomic E-state index is 12.3. The van der Waals surface area contributed by atoms with Crippen LogP contribution in [0.5, 0.6) is 0 Å². The third kappa shape index (κ3) is 4.07. The Bertz CT molecular complexity index is 764. The maximum Gasteiger partial charge on any atom is 0.241 e. The number of rotatable bonds is 6. The molecular formula is C18H24N4O2. The highest BCUT2D eigenvalue weighted by molar-refractivity contribution is 5.96. The third-order valence-corrected chi connectivity index (χ3v) is 4.05. The first-order valence-corrected chi connectivity index (χ1v) is 8.04. The zero-order chi connectivity index (χ0) is 17.9. The molecule has 0 fully saturated rings. The van der Waals surface area contributed by atoms with Crippen LogP contribution in [0.4, 0.5) is 0 Å². The Morgan fingerprint density at radius 1 is 1.29 bits per heavy atom. The van der Waals surface area contributed by atoms with Crippen molar-refractivity contribution in [2.45, 2.75) is 53.6 Å². The number of hydrogen-bond acceptors (Lipinski definition) is 4. The normalized spacial score (nSPS) is 12.0. The maximum absolute atomic E-state index is 12.3. The fourth-order valence-corrected chi connectivity index (χ4v) is 2.89. The van der Waals surface area contributed by atoms with E-state index in [9.17, 15) is 9.59 Å². The van der Waals surface area contributed by atoms with Crippen molar-refractivity contribution in [3.05, 3.63) is 46.5 Å². The van der Waals surface area contributed by atoms with Crippen molar-refractivity contribution in [2.75, 3.05) is 0 Å². The van der Waals surface area contributed by atoms with E-state index in [1.165, 1.54) is 6.92 Å². The summed E-state index contributed by atoms with van der Waals surface area (Å²) in [6.07, 6.45) is 2.43. The molecule has 0 spiro atoms. The highest BCUT2D eigenvalue weighted by Crippen LogP contribution is 2.13. The second-order valence-electron chi connectivity index (χ2n) is 6.20. The van der Waals surface area contributed by atoms with Gasteiger partial charge in [0.2, 0.25) is 5.91 Å². The minimum absolute atomic E-state index is 0.0318. The Kier molecular flexibility index (Phi) is 5.49. The molecule has 1 atom stereocenters. The Labute approximate surface area is 142 Å². The third-order valence-electron chi connectivity index (χ3n) is 4.05. The van der Waals surface area contributed by atoms with E-state index in [0.717, 1.165) is 17.0 Å². The lowest BCUT2D eigenvalue weighted by molar-refractivity contribution is -0.122. The van der Waals surface area contributed by atoms with Gasteiger partial charge in [0.05, 0.1) is 11.3 Å². The highest BCUT2D eigenvalue weighted by Gasteiger charge is 2.17. The fourth-order valence-electron chi connectivity index (χ4n) is 2.89. The number of aryl methyl sites for hydroxylation is 2. The first kappa shape index (κ1) is 17.8. The van der Waals surface area contributed by atoms with E-state index in [2.05, 4.69) is 15.4 Å². The van der Waals surface area contributed by atoms with Crippen molar-refractivity contribution in [1.82, 2.24) is 20.1 Å². The number of Topliss-reactive ketones (excluding diaryl/α,β-unsaturated/α-hetero) is 1. The molecule has 0 aliphatic carbocycles. The van der Waals surface area contributed by atoms with E-state index >= 15 is 0 Å². The second kappa shape index (κ2) is 7.38. The summed E-state index contributed by atoms with van der Waals surface area (Å²) in [4.78, 5) is 28.3. The van der Waals surface area contributed by atoms with Gasteiger partial charge in [-0.2, -0.15) is 5.10 Å². The largest absolute Gasteiger partial charge is 0.352 e. The quantitative estimate of drug-likeness (QED) is 0.824. The Morgan fingerprint density at radius 2 is 2.00 bits per heavy atom. The zero-order valence-electron chi connectivity index (χ0n) is 14.9. The van der Waals surface area contributed by atoms with Crippen LogP contribution in [0.25, 0.3) is 0 Å². The average Bonchev–Trinajstić information content (AvgIpc) is 2.75. The standard InChI is InChI=1S/C18H24N4O2/c1-11-7-6-8-19-16(11)9-12(2)20-17(24)10-22-14(4)18(15(5)23)13(3)21-22/h6-8,12H,9-10H2,1-5H3,(H,20,24). The van der Waals surface area contributed by atoms with Gasteiger partial charge in [-0.05, 0) is 46.2 Å². The van der Waals surface area contributed by atoms with Crippen LogP contribution in [-0.2, 0) is 17.8 Å². The minimum atomic E-state index is -0.128. The van der Waals surface area contributed by atoms with Crippen LogP contribution in [0.3, 0.4) is 0 Å². The fraction of sp³-hybridized carbons (Fsp3) is 0.444. The van der Waals surface area contributed by atoms with Crippen LogP contribution in [0.1, 0.15) is 46.9 Å². The molecule has 0 bridgehead atoms. The molecule has 128 valence electrons. The van der Waals surface area contributed by atoms with Gasteiger partial charge < -0.3 is 5.32 Å². The molecule has 2 aromatic heterocycles. The van der Waals surface area contributed by atoms with E-state index in [-0.39, 0.29) is 24.3 Å². The number of nitrogens with zero attached hydrogens (tertiary/aromatic N) is 3. The van der Waals surface area contributed by atoms with Gasteiger partial charge >= 0.3 is 0 Å². The monoisotopic (exact) mass is 328 g/mol. The number of hydrogen-bond donors (Lipinski definition) is 1. The summed E-state index contributed by atoms with van der Waals surface area (Å²) >= 11 is 0. The summed E-state index contributed by atoms with van der Waals surface area (Å²) in [5, 5.41) is 7.26. The molecule has 2 rings (SSSR count). The van der Waals surface area contributed by atoms with Crippen LogP contribution < -0.4 is 5.32 Å². The SMILES string of the molecule is CC(=O)c1c(C)nn(CC(=O)NC(C)Cc2ncccc2C)c1C.